The molecule has 2 aromatic heterocycles. The Morgan fingerprint density at radius 1 is 1.03 bits per heavy atom. The molecule has 0 saturated heterocycles. The van der Waals surface area contributed by atoms with Crippen molar-refractivity contribution in [3.63, 3.8) is 0 Å². The Balaban J connectivity index is 1.75. The molecule has 0 amide bonds. The molecule has 2 aliphatic rings. The minimum atomic E-state index is -0.174. The molecule has 2 aliphatic carbocycles. The fraction of sp³-hybridized carbons (Fsp3) is 0.414. The smallest absolute Gasteiger partial charge is 0.264 e. The van der Waals surface area contributed by atoms with Gasteiger partial charge >= 0.3 is 0 Å². The van der Waals surface area contributed by atoms with Crippen molar-refractivity contribution in [3.05, 3.63) is 70.0 Å². The van der Waals surface area contributed by atoms with E-state index in [4.69, 9.17) is 4.74 Å². The van der Waals surface area contributed by atoms with Crippen LogP contribution in [-0.4, -0.2) is 32.0 Å². The van der Waals surface area contributed by atoms with Crippen molar-refractivity contribution in [1.82, 2.24) is 19.2 Å². The van der Waals surface area contributed by atoms with Gasteiger partial charge in [0.15, 0.2) is 5.16 Å². The Bertz CT molecular complexity index is 1480. The van der Waals surface area contributed by atoms with Gasteiger partial charge in [0, 0.05) is 22.3 Å². The average molecular weight is 501 g/mol. The van der Waals surface area contributed by atoms with Gasteiger partial charge in [-0.25, -0.2) is 4.57 Å². The van der Waals surface area contributed by atoms with Gasteiger partial charge in [-0.05, 0) is 43.4 Å². The number of aromatic nitrogens is 4. The fourth-order valence-electron chi connectivity index (χ4n) is 6.20. The molecule has 7 heteroatoms. The Kier molecular flexibility index (Phi) is 6.12. The van der Waals surface area contributed by atoms with Crippen LogP contribution in [0.3, 0.4) is 0 Å². The van der Waals surface area contributed by atoms with E-state index in [1.807, 2.05) is 24.3 Å². The highest BCUT2D eigenvalue weighted by Gasteiger charge is 2.44. The molecule has 1 fully saturated rings. The molecule has 0 atom stereocenters. The lowest BCUT2D eigenvalue weighted by molar-refractivity contribution is 0.284. The molecular weight excluding hydrogens is 468 g/mol. The third kappa shape index (κ3) is 3.59. The first-order valence-corrected chi connectivity index (χ1v) is 14.1. The third-order valence-corrected chi connectivity index (χ3v) is 8.91. The first kappa shape index (κ1) is 23.3. The number of nitrogens with zero attached hydrogens (tertiary/aromatic N) is 4. The van der Waals surface area contributed by atoms with Crippen molar-refractivity contribution in [2.75, 3.05) is 12.9 Å². The van der Waals surface area contributed by atoms with Crippen molar-refractivity contribution in [1.29, 1.82) is 0 Å². The molecule has 186 valence electrons. The molecular formula is C29H32N4O2S. The summed E-state index contributed by atoms with van der Waals surface area (Å²) in [5.41, 5.74) is 4.92. The monoisotopic (exact) mass is 500 g/mol. The number of unbranched alkanes of at least 4 members (excludes halogenated alkanes) is 1. The van der Waals surface area contributed by atoms with Gasteiger partial charge in [-0.15, -0.1) is 10.2 Å². The van der Waals surface area contributed by atoms with E-state index in [1.165, 1.54) is 12.0 Å². The summed E-state index contributed by atoms with van der Waals surface area (Å²) < 4.78 is 9.62. The molecule has 1 spiro atoms. The molecule has 1 saturated carbocycles. The quantitative estimate of drug-likeness (QED) is 0.233. The zero-order chi connectivity index (χ0) is 24.7. The van der Waals surface area contributed by atoms with Crippen LogP contribution >= 0.6 is 11.8 Å². The Morgan fingerprint density at radius 2 is 1.81 bits per heavy atom. The minimum absolute atomic E-state index is 0.0101. The maximum absolute atomic E-state index is 14.7. The number of hydrogen-bond donors (Lipinski definition) is 0. The number of ether oxygens (including phenoxy) is 1. The van der Waals surface area contributed by atoms with Crippen molar-refractivity contribution in [2.24, 2.45) is 0 Å². The lowest BCUT2D eigenvalue weighted by Crippen LogP contribution is -2.43. The van der Waals surface area contributed by atoms with Crippen LogP contribution in [0.25, 0.3) is 22.7 Å². The normalized spacial score (nSPS) is 16.2. The highest BCUT2D eigenvalue weighted by Crippen LogP contribution is 2.49. The third-order valence-electron chi connectivity index (χ3n) is 7.89. The first-order valence-electron chi connectivity index (χ1n) is 13.1. The van der Waals surface area contributed by atoms with Gasteiger partial charge in [0.25, 0.3) is 5.56 Å². The maximum Gasteiger partial charge on any atom is 0.264 e. The lowest BCUT2D eigenvalue weighted by Gasteiger charge is -2.42. The van der Waals surface area contributed by atoms with E-state index in [0.717, 1.165) is 72.7 Å². The largest absolute Gasteiger partial charge is 0.495 e. The van der Waals surface area contributed by atoms with E-state index >= 15 is 0 Å². The number of para-hydroxylation sites is 2. The number of rotatable bonds is 6. The zero-order valence-electron chi connectivity index (χ0n) is 21.0. The summed E-state index contributed by atoms with van der Waals surface area (Å²) in [4.78, 5) is 14.7. The van der Waals surface area contributed by atoms with Crippen molar-refractivity contribution in [3.8, 4) is 22.7 Å². The minimum Gasteiger partial charge on any atom is -0.495 e. The van der Waals surface area contributed by atoms with E-state index in [9.17, 15) is 4.79 Å². The summed E-state index contributed by atoms with van der Waals surface area (Å²) in [7, 11) is 1.65. The predicted molar refractivity (Wildman–Crippen MR) is 145 cm³/mol. The molecule has 2 aromatic carbocycles. The summed E-state index contributed by atoms with van der Waals surface area (Å²) in [6, 6.07) is 16.3. The molecule has 0 N–H and O–H groups in total. The van der Waals surface area contributed by atoms with Crippen LogP contribution in [0.1, 0.15) is 63.0 Å². The second-order valence-electron chi connectivity index (χ2n) is 10.0. The van der Waals surface area contributed by atoms with Gasteiger partial charge in [-0.2, -0.15) is 0 Å². The zero-order valence-corrected chi connectivity index (χ0v) is 21.8. The van der Waals surface area contributed by atoms with Crippen LogP contribution in [0.2, 0.25) is 0 Å². The number of fused-ring (bicyclic) bond motifs is 6. The highest BCUT2D eigenvalue weighted by atomic mass is 32.2. The van der Waals surface area contributed by atoms with E-state index in [1.54, 1.807) is 23.4 Å². The first-order chi connectivity index (χ1) is 17.7. The van der Waals surface area contributed by atoms with Crippen LogP contribution < -0.4 is 10.3 Å². The van der Waals surface area contributed by atoms with Crippen LogP contribution in [0.4, 0.5) is 0 Å². The van der Waals surface area contributed by atoms with Crippen molar-refractivity contribution >= 4 is 17.5 Å². The molecule has 0 bridgehead atoms. The van der Waals surface area contributed by atoms with Gasteiger partial charge in [-0.3, -0.25) is 9.20 Å². The van der Waals surface area contributed by atoms with Crippen molar-refractivity contribution in [2.45, 2.75) is 68.9 Å². The Morgan fingerprint density at radius 3 is 2.61 bits per heavy atom. The standard InChI is InChI=1S/C29H32N4O2S/c1-3-4-18-36-28-31-30-27-32(22-14-8-9-15-23(22)35-2)26(34)24-25(33(27)28)21-13-7-6-12-20(21)19-29(24)16-10-5-11-17-29/h6-9,12-15H,3-5,10-11,16-19H2,1-2H3. The second-order valence-corrected chi connectivity index (χ2v) is 11.1. The van der Waals surface area contributed by atoms with E-state index in [2.05, 4.69) is 45.8 Å². The summed E-state index contributed by atoms with van der Waals surface area (Å²) >= 11 is 1.73. The topological polar surface area (TPSA) is 61.4 Å². The van der Waals surface area contributed by atoms with Gasteiger partial charge in [-0.1, -0.05) is 80.8 Å². The molecule has 4 aromatic rings. The Hall–Kier alpha value is -3.06. The second kappa shape index (κ2) is 9.43. The Labute approximate surface area is 215 Å². The number of hydrogen-bond acceptors (Lipinski definition) is 5. The molecule has 0 radical (unpaired) electrons. The van der Waals surface area contributed by atoms with Gasteiger partial charge in [0.05, 0.1) is 18.5 Å². The summed E-state index contributed by atoms with van der Waals surface area (Å²) in [5, 5.41) is 10.1. The van der Waals surface area contributed by atoms with Crippen molar-refractivity contribution < 1.29 is 4.74 Å². The van der Waals surface area contributed by atoms with Gasteiger partial charge in [0.2, 0.25) is 5.78 Å². The van der Waals surface area contributed by atoms with E-state index in [0.29, 0.717) is 17.2 Å². The molecule has 36 heavy (non-hydrogen) atoms. The summed E-state index contributed by atoms with van der Waals surface area (Å²) in [6.07, 6.45) is 8.72. The molecule has 6 rings (SSSR count). The molecule has 6 nitrogen and oxygen atoms in total. The van der Waals surface area contributed by atoms with Gasteiger partial charge in [0.1, 0.15) is 5.75 Å². The molecule has 2 heterocycles. The van der Waals surface area contributed by atoms with E-state index in [-0.39, 0.29) is 11.0 Å². The lowest BCUT2D eigenvalue weighted by atomic mass is 9.62. The summed E-state index contributed by atoms with van der Waals surface area (Å²) in [6.45, 7) is 2.20. The predicted octanol–water partition coefficient (Wildman–Crippen LogP) is 6.21. The summed E-state index contributed by atoms with van der Waals surface area (Å²) in [5.74, 6) is 2.16. The molecule has 0 aliphatic heterocycles. The van der Waals surface area contributed by atoms with Crippen LogP contribution in [0.5, 0.6) is 5.75 Å². The molecule has 0 unspecified atom stereocenters. The van der Waals surface area contributed by atoms with Crippen LogP contribution in [0.15, 0.2) is 58.5 Å². The van der Waals surface area contributed by atoms with E-state index < -0.39 is 0 Å². The number of methoxy groups -OCH3 is 1. The number of benzene rings is 2. The SMILES string of the molecule is CCCCSc1nnc2n(-c3ccccc3OC)c(=O)c3c(n12)-c1ccccc1CC31CCCCC1. The van der Waals surface area contributed by atoms with Gasteiger partial charge < -0.3 is 4.74 Å². The van der Waals surface area contributed by atoms with Crippen LogP contribution in [0, 0.1) is 0 Å². The average Bonchev–Trinajstić information content (AvgIpc) is 3.32. The number of thioether (sulfide) groups is 1. The maximum atomic E-state index is 14.7. The van der Waals surface area contributed by atoms with Crippen LogP contribution in [-0.2, 0) is 11.8 Å². The fourth-order valence-corrected chi connectivity index (χ4v) is 7.21. The highest BCUT2D eigenvalue weighted by molar-refractivity contribution is 7.99.